The van der Waals surface area contributed by atoms with Crippen molar-refractivity contribution >= 4 is 15.9 Å². The van der Waals surface area contributed by atoms with E-state index in [-0.39, 0.29) is 5.56 Å². The van der Waals surface area contributed by atoms with E-state index in [0.717, 1.165) is 5.57 Å². The Morgan fingerprint density at radius 2 is 2.43 bits per heavy atom. The van der Waals surface area contributed by atoms with Crippen LogP contribution < -0.4 is 11.3 Å². The van der Waals surface area contributed by atoms with Gasteiger partial charge in [0.15, 0.2) is 0 Å². The van der Waals surface area contributed by atoms with Crippen LogP contribution in [0.3, 0.4) is 0 Å². The van der Waals surface area contributed by atoms with Crippen LogP contribution in [-0.2, 0) is 6.54 Å². The molecule has 2 N–H and O–H groups in total. The number of nitrogens with zero attached hydrogens (tertiary/aromatic N) is 2. The predicted octanol–water partition coefficient (Wildman–Crippen LogP) is 0.829. The molecule has 0 aliphatic rings. The standard InChI is InChI=1S/C9H12BrN3O/c1-6(3-11)4-13-5-12-7(2)8(10)9(13)14/h5H,1,3-4,11H2,2H3. The smallest absolute Gasteiger partial charge is 0.268 e. The number of nitrogens with two attached hydrogens (primary N) is 1. The molecule has 0 radical (unpaired) electrons. The molecule has 1 rings (SSSR count). The normalized spacial score (nSPS) is 10.2. The summed E-state index contributed by atoms with van der Waals surface area (Å²) in [6, 6.07) is 0. The zero-order valence-electron chi connectivity index (χ0n) is 7.96. The molecular weight excluding hydrogens is 246 g/mol. The van der Waals surface area contributed by atoms with Crippen LogP contribution in [0, 0.1) is 6.92 Å². The lowest BCUT2D eigenvalue weighted by molar-refractivity contribution is 0.706. The largest absolute Gasteiger partial charge is 0.327 e. The Kier molecular flexibility index (Phi) is 3.60. The molecule has 1 heterocycles. The van der Waals surface area contributed by atoms with Crippen LogP contribution in [0.5, 0.6) is 0 Å². The number of halogens is 1. The van der Waals surface area contributed by atoms with E-state index in [9.17, 15) is 4.79 Å². The highest BCUT2D eigenvalue weighted by Gasteiger charge is 2.05. The lowest BCUT2D eigenvalue weighted by Gasteiger charge is -2.07. The second-order valence-corrected chi connectivity index (χ2v) is 3.82. The van der Waals surface area contributed by atoms with Gasteiger partial charge in [0.2, 0.25) is 0 Å². The van der Waals surface area contributed by atoms with Gasteiger partial charge in [-0.25, -0.2) is 4.98 Å². The van der Waals surface area contributed by atoms with Gasteiger partial charge < -0.3 is 5.73 Å². The lowest BCUT2D eigenvalue weighted by atomic mass is 10.3. The predicted molar refractivity (Wildman–Crippen MR) is 59.1 cm³/mol. The van der Waals surface area contributed by atoms with Crippen molar-refractivity contribution in [1.82, 2.24) is 9.55 Å². The van der Waals surface area contributed by atoms with E-state index < -0.39 is 0 Å². The van der Waals surface area contributed by atoms with Crippen molar-refractivity contribution in [3.05, 3.63) is 39.0 Å². The van der Waals surface area contributed by atoms with Crippen LogP contribution >= 0.6 is 15.9 Å². The molecule has 1 aromatic heterocycles. The zero-order valence-corrected chi connectivity index (χ0v) is 9.54. The molecule has 0 aliphatic heterocycles. The van der Waals surface area contributed by atoms with Crippen LogP contribution in [0.15, 0.2) is 27.7 Å². The molecule has 0 amide bonds. The minimum Gasteiger partial charge on any atom is -0.327 e. The average molecular weight is 258 g/mol. The molecule has 0 spiro atoms. The molecule has 0 saturated carbocycles. The summed E-state index contributed by atoms with van der Waals surface area (Å²) in [7, 11) is 0. The number of aromatic nitrogens is 2. The Morgan fingerprint density at radius 3 is 3.00 bits per heavy atom. The molecule has 1 aromatic rings. The molecule has 0 aromatic carbocycles. The Bertz CT molecular complexity index is 411. The quantitative estimate of drug-likeness (QED) is 0.817. The van der Waals surface area contributed by atoms with Crippen molar-refractivity contribution in [3.63, 3.8) is 0 Å². The van der Waals surface area contributed by atoms with Crippen molar-refractivity contribution < 1.29 is 0 Å². The van der Waals surface area contributed by atoms with Crippen molar-refractivity contribution in [3.8, 4) is 0 Å². The van der Waals surface area contributed by atoms with Crippen molar-refractivity contribution in [2.75, 3.05) is 6.54 Å². The van der Waals surface area contributed by atoms with E-state index in [4.69, 9.17) is 5.73 Å². The second-order valence-electron chi connectivity index (χ2n) is 3.03. The molecule has 14 heavy (non-hydrogen) atoms. The number of rotatable bonds is 3. The summed E-state index contributed by atoms with van der Waals surface area (Å²) >= 11 is 3.19. The van der Waals surface area contributed by atoms with Gasteiger partial charge in [-0.2, -0.15) is 0 Å². The second kappa shape index (κ2) is 4.52. The highest BCUT2D eigenvalue weighted by molar-refractivity contribution is 9.10. The van der Waals surface area contributed by atoms with Crippen LogP contribution in [0.4, 0.5) is 0 Å². The number of hydrogen-bond acceptors (Lipinski definition) is 3. The summed E-state index contributed by atoms with van der Waals surface area (Å²) in [5, 5.41) is 0. The highest BCUT2D eigenvalue weighted by atomic mass is 79.9. The Morgan fingerprint density at radius 1 is 1.79 bits per heavy atom. The molecule has 5 heteroatoms. The summed E-state index contributed by atoms with van der Waals surface area (Å²) in [5.41, 5.74) is 6.77. The van der Waals surface area contributed by atoms with Crippen LogP contribution in [0.25, 0.3) is 0 Å². The SMILES string of the molecule is C=C(CN)Cn1cnc(C)c(Br)c1=O. The van der Waals surface area contributed by atoms with Gasteiger partial charge in [-0.15, -0.1) is 0 Å². The van der Waals surface area contributed by atoms with Gasteiger partial charge in [-0.3, -0.25) is 9.36 Å². The maximum Gasteiger partial charge on any atom is 0.268 e. The molecular formula is C9H12BrN3O. The van der Waals surface area contributed by atoms with Crippen LogP contribution in [0.2, 0.25) is 0 Å². The zero-order chi connectivity index (χ0) is 10.7. The summed E-state index contributed by atoms with van der Waals surface area (Å²) in [5.74, 6) is 0. The van der Waals surface area contributed by atoms with E-state index in [1.54, 1.807) is 6.92 Å². The third-order valence-electron chi connectivity index (χ3n) is 1.84. The van der Waals surface area contributed by atoms with Gasteiger partial charge in [-0.1, -0.05) is 6.58 Å². The first-order valence-corrected chi connectivity index (χ1v) is 4.93. The topological polar surface area (TPSA) is 60.9 Å². The van der Waals surface area contributed by atoms with Gasteiger partial charge in [0.25, 0.3) is 5.56 Å². The maximum atomic E-state index is 11.6. The van der Waals surface area contributed by atoms with Crippen LogP contribution in [0.1, 0.15) is 5.69 Å². The Labute approximate surface area is 90.6 Å². The Hall–Kier alpha value is -0.940. The molecule has 0 saturated heterocycles. The molecule has 4 nitrogen and oxygen atoms in total. The molecule has 0 unspecified atom stereocenters. The summed E-state index contributed by atoms with van der Waals surface area (Å²) < 4.78 is 1.97. The van der Waals surface area contributed by atoms with Gasteiger partial charge in [0.1, 0.15) is 4.47 Å². The fraction of sp³-hybridized carbons (Fsp3) is 0.333. The van der Waals surface area contributed by atoms with E-state index in [2.05, 4.69) is 27.5 Å². The molecule has 0 atom stereocenters. The first kappa shape index (κ1) is 11.1. The summed E-state index contributed by atoms with van der Waals surface area (Å²) in [6.07, 6.45) is 1.50. The molecule has 76 valence electrons. The number of aryl methyl sites for hydroxylation is 1. The maximum absolute atomic E-state index is 11.6. The summed E-state index contributed by atoms with van der Waals surface area (Å²) in [6.45, 7) is 6.30. The van der Waals surface area contributed by atoms with Gasteiger partial charge in [0.05, 0.1) is 12.0 Å². The van der Waals surface area contributed by atoms with Gasteiger partial charge >= 0.3 is 0 Å². The highest BCUT2D eigenvalue weighted by Crippen LogP contribution is 2.06. The van der Waals surface area contributed by atoms with Gasteiger partial charge in [-0.05, 0) is 28.4 Å². The fourth-order valence-electron chi connectivity index (χ4n) is 0.964. The fourth-order valence-corrected chi connectivity index (χ4v) is 1.29. The monoisotopic (exact) mass is 257 g/mol. The van der Waals surface area contributed by atoms with E-state index in [0.29, 0.717) is 23.3 Å². The molecule has 0 aliphatic carbocycles. The first-order chi connectivity index (χ1) is 6.56. The average Bonchev–Trinajstić information content (AvgIpc) is 2.19. The van der Waals surface area contributed by atoms with E-state index in [1.165, 1.54) is 10.9 Å². The third kappa shape index (κ3) is 2.30. The van der Waals surface area contributed by atoms with E-state index >= 15 is 0 Å². The third-order valence-corrected chi connectivity index (χ3v) is 2.75. The molecule has 0 bridgehead atoms. The van der Waals surface area contributed by atoms with Crippen molar-refractivity contribution in [1.29, 1.82) is 0 Å². The van der Waals surface area contributed by atoms with E-state index in [1.807, 2.05) is 0 Å². The lowest BCUT2D eigenvalue weighted by Crippen LogP contribution is -2.24. The summed E-state index contributed by atoms with van der Waals surface area (Å²) in [4.78, 5) is 15.7. The van der Waals surface area contributed by atoms with Crippen molar-refractivity contribution in [2.24, 2.45) is 5.73 Å². The van der Waals surface area contributed by atoms with Crippen LogP contribution in [-0.4, -0.2) is 16.1 Å². The number of hydrogen-bond donors (Lipinski definition) is 1. The minimum absolute atomic E-state index is 0.105. The van der Waals surface area contributed by atoms with Crippen molar-refractivity contribution in [2.45, 2.75) is 13.5 Å². The van der Waals surface area contributed by atoms with Gasteiger partial charge in [0, 0.05) is 13.1 Å². The minimum atomic E-state index is -0.105. The Balaban J connectivity index is 3.06. The molecule has 0 fully saturated rings. The first-order valence-electron chi connectivity index (χ1n) is 4.14.